The molecule has 1 unspecified atom stereocenters. The average Bonchev–Trinajstić information content (AvgIpc) is 2.54. The minimum Gasteiger partial charge on any atom is -0.396 e. The number of rotatable bonds is 6. The molecule has 1 fully saturated rings. The fourth-order valence-corrected chi connectivity index (χ4v) is 3.36. The normalized spacial score (nSPS) is 21.4. The fraction of sp³-hybridized carbons (Fsp3) is 0.688. The zero-order valence-electron chi connectivity index (χ0n) is 13.6. The quantitative estimate of drug-likeness (QED) is 0.788. The van der Waals surface area contributed by atoms with E-state index >= 15 is 0 Å². The van der Waals surface area contributed by atoms with Crippen LogP contribution in [-0.2, 0) is 11.3 Å². The van der Waals surface area contributed by atoms with Gasteiger partial charge in [0.2, 0.25) is 5.91 Å². The van der Waals surface area contributed by atoms with Crippen molar-refractivity contribution in [1.82, 2.24) is 14.5 Å². The van der Waals surface area contributed by atoms with Crippen molar-refractivity contribution >= 4 is 5.91 Å². The number of piperidine rings is 1. The van der Waals surface area contributed by atoms with Gasteiger partial charge in [-0.1, -0.05) is 13.3 Å². The summed E-state index contributed by atoms with van der Waals surface area (Å²) in [6.07, 6.45) is 5.34. The van der Waals surface area contributed by atoms with E-state index in [1.165, 1.54) is 16.8 Å². The number of aliphatic hydroxyl groups excluding tert-OH is 1. The van der Waals surface area contributed by atoms with Crippen molar-refractivity contribution in [2.24, 2.45) is 5.41 Å². The molecule has 0 radical (unpaired) electrons. The number of likely N-dealkylation sites (tertiary alicyclic amines) is 1. The smallest absolute Gasteiger partial charge is 0.328 e. The highest BCUT2D eigenvalue weighted by Crippen LogP contribution is 2.34. The second-order valence-electron chi connectivity index (χ2n) is 6.38. The Morgan fingerprint density at radius 2 is 2.22 bits per heavy atom. The average molecular weight is 323 g/mol. The summed E-state index contributed by atoms with van der Waals surface area (Å²) in [5.74, 6) is -0.0169. The molecule has 1 atom stereocenters. The predicted molar refractivity (Wildman–Crippen MR) is 86.2 cm³/mol. The van der Waals surface area contributed by atoms with Gasteiger partial charge in [-0.25, -0.2) is 4.79 Å². The van der Waals surface area contributed by atoms with Crippen molar-refractivity contribution in [3.63, 3.8) is 0 Å². The van der Waals surface area contributed by atoms with E-state index < -0.39 is 11.2 Å². The highest BCUT2D eigenvalue weighted by atomic mass is 16.3. The van der Waals surface area contributed by atoms with Crippen LogP contribution >= 0.6 is 0 Å². The first-order valence-electron chi connectivity index (χ1n) is 8.18. The zero-order chi connectivity index (χ0) is 16.9. The number of nitrogens with zero attached hydrogens (tertiary/aromatic N) is 2. The summed E-state index contributed by atoms with van der Waals surface area (Å²) in [7, 11) is 0. The Hall–Kier alpha value is -1.89. The molecule has 0 saturated carbocycles. The molecule has 1 aliphatic rings. The number of amides is 1. The third-order valence-corrected chi connectivity index (χ3v) is 4.59. The molecular formula is C16H25N3O4. The van der Waals surface area contributed by atoms with Gasteiger partial charge in [0.05, 0.1) is 6.61 Å². The van der Waals surface area contributed by atoms with Crippen molar-refractivity contribution in [2.45, 2.75) is 45.6 Å². The molecule has 2 N–H and O–H groups in total. The van der Waals surface area contributed by atoms with Crippen molar-refractivity contribution in [2.75, 3.05) is 19.7 Å². The van der Waals surface area contributed by atoms with E-state index in [1.54, 1.807) is 4.90 Å². The number of nitrogens with one attached hydrogen (secondary N) is 1. The number of hydrogen-bond donors (Lipinski definition) is 2. The molecule has 2 rings (SSSR count). The van der Waals surface area contributed by atoms with Crippen LogP contribution in [0.25, 0.3) is 0 Å². The Bertz CT molecular complexity index is 647. The molecule has 2 heterocycles. The largest absolute Gasteiger partial charge is 0.396 e. The van der Waals surface area contributed by atoms with Gasteiger partial charge in [-0.2, -0.15) is 0 Å². The Kier molecular flexibility index (Phi) is 5.76. The maximum atomic E-state index is 12.4. The van der Waals surface area contributed by atoms with Crippen LogP contribution in [0.15, 0.2) is 21.9 Å². The minimum absolute atomic E-state index is 0.0169. The number of carbonyl (C=O) groups is 1. The maximum Gasteiger partial charge on any atom is 0.328 e. The Morgan fingerprint density at radius 3 is 2.87 bits per heavy atom. The second-order valence-corrected chi connectivity index (χ2v) is 6.38. The first-order valence-corrected chi connectivity index (χ1v) is 8.18. The van der Waals surface area contributed by atoms with Gasteiger partial charge >= 0.3 is 5.69 Å². The molecular weight excluding hydrogens is 298 g/mol. The van der Waals surface area contributed by atoms with E-state index in [4.69, 9.17) is 0 Å². The van der Waals surface area contributed by atoms with Gasteiger partial charge in [0.1, 0.15) is 0 Å². The molecule has 0 aromatic carbocycles. The van der Waals surface area contributed by atoms with Gasteiger partial charge in [0, 0.05) is 43.7 Å². The fourth-order valence-electron chi connectivity index (χ4n) is 3.36. The topological polar surface area (TPSA) is 95.4 Å². The number of aromatic nitrogens is 2. The molecule has 7 nitrogen and oxygen atoms in total. The number of aliphatic hydroxyl groups is 1. The molecule has 0 aliphatic carbocycles. The van der Waals surface area contributed by atoms with Crippen LogP contribution in [-0.4, -0.2) is 45.2 Å². The zero-order valence-corrected chi connectivity index (χ0v) is 13.6. The predicted octanol–water partition coefficient (Wildman–Crippen LogP) is 0.328. The highest BCUT2D eigenvalue weighted by molar-refractivity contribution is 5.76. The van der Waals surface area contributed by atoms with Gasteiger partial charge in [0.25, 0.3) is 5.56 Å². The molecule has 23 heavy (non-hydrogen) atoms. The number of aryl methyl sites for hydroxylation is 1. The van der Waals surface area contributed by atoms with E-state index in [0.717, 1.165) is 25.7 Å². The van der Waals surface area contributed by atoms with E-state index in [9.17, 15) is 19.5 Å². The molecule has 1 aliphatic heterocycles. The summed E-state index contributed by atoms with van der Waals surface area (Å²) in [5, 5.41) is 9.73. The van der Waals surface area contributed by atoms with E-state index in [-0.39, 0.29) is 30.9 Å². The van der Waals surface area contributed by atoms with Crippen LogP contribution < -0.4 is 11.2 Å². The molecule has 1 aromatic heterocycles. The third-order valence-electron chi connectivity index (χ3n) is 4.59. The Labute approximate surface area is 134 Å². The number of carbonyl (C=O) groups excluding carboxylic acids is 1. The van der Waals surface area contributed by atoms with Gasteiger partial charge < -0.3 is 14.6 Å². The lowest BCUT2D eigenvalue weighted by Gasteiger charge is -2.42. The van der Waals surface area contributed by atoms with E-state index in [0.29, 0.717) is 13.1 Å². The van der Waals surface area contributed by atoms with Crippen molar-refractivity contribution in [1.29, 1.82) is 0 Å². The molecule has 1 amide bonds. The van der Waals surface area contributed by atoms with Gasteiger partial charge in [-0.05, 0) is 19.3 Å². The molecule has 0 spiro atoms. The minimum atomic E-state index is -0.500. The summed E-state index contributed by atoms with van der Waals surface area (Å²) in [5.41, 5.74) is -1.13. The number of aromatic amines is 1. The van der Waals surface area contributed by atoms with Crippen LogP contribution in [0.1, 0.15) is 39.0 Å². The van der Waals surface area contributed by atoms with Crippen LogP contribution in [0.4, 0.5) is 0 Å². The highest BCUT2D eigenvalue weighted by Gasteiger charge is 2.35. The summed E-state index contributed by atoms with van der Waals surface area (Å²) < 4.78 is 1.33. The first-order chi connectivity index (χ1) is 11.0. The van der Waals surface area contributed by atoms with Crippen molar-refractivity contribution in [3.05, 3.63) is 33.1 Å². The summed E-state index contributed by atoms with van der Waals surface area (Å²) in [6, 6.07) is 1.27. The molecule has 1 aromatic rings. The third kappa shape index (κ3) is 4.31. The van der Waals surface area contributed by atoms with Gasteiger partial charge in [-0.15, -0.1) is 0 Å². The van der Waals surface area contributed by atoms with E-state index in [2.05, 4.69) is 11.9 Å². The number of H-pyrrole nitrogens is 1. The lowest BCUT2D eigenvalue weighted by molar-refractivity contribution is -0.136. The second kappa shape index (κ2) is 7.59. The SMILES string of the molecule is CCCC1(CO)CCCN(C(=O)CCn2ccc(=O)[nH]c2=O)C1. The van der Waals surface area contributed by atoms with Crippen LogP contribution in [0, 0.1) is 5.41 Å². The number of hydrogen-bond acceptors (Lipinski definition) is 4. The van der Waals surface area contributed by atoms with Crippen molar-refractivity contribution < 1.29 is 9.90 Å². The Balaban J connectivity index is 1.97. The standard InChI is InChI=1S/C16H25N3O4/c1-2-6-16(12-20)7-3-8-19(11-16)14(22)5-10-18-9-4-13(21)17-15(18)23/h4,9,20H,2-3,5-8,10-12H2,1H3,(H,17,21,23). The lowest BCUT2D eigenvalue weighted by atomic mass is 9.77. The van der Waals surface area contributed by atoms with Crippen LogP contribution in [0.3, 0.4) is 0 Å². The van der Waals surface area contributed by atoms with Crippen LogP contribution in [0.2, 0.25) is 0 Å². The monoisotopic (exact) mass is 323 g/mol. The molecule has 7 heteroatoms. The molecule has 1 saturated heterocycles. The van der Waals surface area contributed by atoms with E-state index in [1.807, 2.05) is 0 Å². The maximum absolute atomic E-state index is 12.4. The van der Waals surface area contributed by atoms with Gasteiger partial charge in [0.15, 0.2) is 0 Å². The summed E-state index contributed by atoms with van der Waals surface area (Å²) >= 11 is 0. The van der Waals surface area contributed by atoms with Crippen LogP contribution in [0.5, 0.6) is 0 Å². The molecule has 128 valence electrons. The Morgan fingerprint density at radius 1 is 1.43 bits per heavy atom. The lowest BCUT2D eigenvalue weighted by Crippen LogP contribution is -2.48. The van der Waals surface area contributed by atoms with Crippen molar-refractivity contribution in [3.8, 4) is 0 Å². The molecule has 0 bridgehead atoms. The summed E-state index contributed by atoms with van der Waals surface area (Å²) in [6.45, 7) is 3.71. The summed E-state index contributed by atoms with van der Waals surface area (Å²) in [4.78, 5) is 39.0. The van der Waals surface area contributed by atoms with Gasteiger partial charge in [-0.3, -0.25) is 14.6 Å². The first kappa shape index (κ1) is 17.5.